The van der Waals surface area contributed by atoms with E-state index >= 15 is 0 Å². The predicted octanol–water partition coefficient (Wildman–Crippen LogP) is 2.75. The molecule has 0 aromatic carbocycles. The summed E-state index contributed by atoms with van der Waals surface area (Å²) in [5, 5.41) is 4.38. The average Bonchev–Trinajstić information content (AvgIpc) is 2.03. The Bertz CT molecular complexity index is 86.9. The molecular weight excluding hydrogens is 134 g/mol. The lowest BCUT2D eigenvalue weighted by molar-refractivity contribution is 0.633. The summed E-state index contributed by atoms with van der Waals surface area (Å²) in [6.45, 7) is 6.42. The quantitative estimate of drug-likeness (QED) is 0.395. The van der Waals surface area contributed by atoms with Gasteiger partial charge in [0.2, 0.25) is 0 Å². The van der Waals surface area contributed by atoms with Crippen molar-refractivity contribution in [3.05, 3.63) is 12.2 Å². The first-order valence-electron chi connectivity index (χ1n) is 4.70. The van der Waals surface area contributed by atoms with Crippen LogP contribution in [0.5, 0.6) is 0 Å². The third kappa shape index (κ3) is 9.70. The van der Waals surface area contributed by atoms with Gasteiger partial charge in [0.05, 0.1) is 0 Å². The summed E-state index contributed by atoms with van der Waals surface area (Å²) < 4.78 is 0. The minimum atomic E-state index is 1.01. The summed E-state index contributed by atoms with van der Waals surface area (Å²) in [4.78, 5) is 0. The van der Waals surface area contributed by atoms with Gasteiger partial charge in [-0.1, -0.05) is 32.4 Å². The summed E-state index contributed by atoms with van der Waals surface area (Å²) in [6.07, 6.45) is 9.20. The van der Waals surface area contributed by atoms with Crippen LogP contribution in [-0.4, -0.2) is 13.1 Å². The molecular formula is C10H20N. The highest BCUT2D eigenvalue weighted by atomic mass is 14.8. The Kier molecular flexibility index (Phi) is 9.44. The first kappa shape index (κ1) is 10.7. The van der Waals surface area contributed by atoms with Crippen LogP contribution < -0.4 is 5.32 Å². The number of unbranched alkanes of at least 4 members (excludes halogenated alkanes) is 1. The molecule has 0 aliphatic carbocycles. The number of rotatable bonds is 7. The van der Waals surface area contributed by atoms with Crippen molar-refractivity contribution in [1.29, 1.82) is 0 Å². The SMILES string of the molecule is CCC=CCC[N]CCCC. The highest BCUT2D eigenvalue weighted by molar-refractivity contribution is 4.80. The van der Waals surface area contributed by atoms with Gasteiger partial charge in [-0.25, -0.2) is 5.32 Å². The van der Waals surface area contributed by atoms with Crippen LogP contribution in [0.4, 0.5) is 0 Å². The second-order valence-electron chi connectivity index (χ2n) is 2.69. The maximum atomic E-state index is 4.38. The summed E-state index contributed by atoms with van der Waals surface area (Å²) in [5.74, 6) is 0. The van der Waals surface area contributed by atoms with E-state index in [1.54, 1.807) is 0 Å². The first-order valence-corrected chi connectivity index (χ1v) is 4.70. The van der Waals surface area contributed by atoms with E-state index in [0.717, 1.165) is 25.9 Å². The molecule has 0 unspecified atom stereocenters. The molecule has 0 saturated carbocycles. The monoisotopic (exact) mass is 154 g/mol. The average molecular weight is 154 g/mol. The van der Waals surface area contributed by atoms with E-state index in [9.17, 15) is 0 Å². The summed E-state index contributed by atoms with van der Waals surface area (Å²) >= 11 is 0. The molecule has 11 heavy (non-hydrogen) atoms. The number of hydrogen-bond acceptors (Lipinski definition) is 0. The second kappa shape index (κ2) is 9.70. The number of hydrogen-bond donors (Lipinski definition) is 0. The van der Waals surface area contributed by atoms with Crippen molar-refractivity contribution in [2.75, 3.05) is 13.1 Å². The van der Waals surface area contributed by atoms with Crippen LogP contribution in [0.15, 0.2) is 12.2 Å². The van der Waals surface area contributed by atoms with Crippen molar-refractivity contribution in [3.8, 4) is 0 Å². The molecule has 0 aliphatic heterocycles. The van der Waals surface area contributed by atoms with Crippen LogP contribution in [0.2, 0.25) is 0 Å². The van der Waals surface area contributed by atoms with Crippen molar-refractivity contribution in [3.63, 3.8) is 0 Å². The maximum Gasteiger partial charge on any atom is 0.0167 e. The van der Waals surface area contributed by atoms with Gasteiger partial charge in [0.1, 0.15) is 0 Å². The second-order valence-corrected chi connectivity index (χ2v) is 2.69. The third-order valence-electron chi connectivity index (χ3n) is 1.53. The van der Waals surface area contributed by atoms with E-state index < -0.39 is 0 Å². The topological polar surface area (TPSA) is 14.1 Å². The van der Waals surface area contributed by atoms with Crippen LogP contribution in [-0.2, 0) is 0 Å². The van der Waals surface area contributed by atoms with Gasteiger partial charge in [0.25, 0.3) is 0 Å². The standard InChI is InChI=1S/C10H20N/c1-3-5-7-8-10-11-9-6-4-2/h5,7H,3-4,6,8-10H2,1-2H3. The van der Waals surface area contributed by atoms with Crippen molar-refractivity contribution in [1.82, 2.24) is 5.32 Å². The summed E-state index contributed by atoms with van der Waals surface area (Å²) in [5.41, 5.74) is 0. The Morgan fingerprint density at radius 2 is 1.91 bits per heavy atom. The van der Waals surface area contributed by atoms with Crippen LogP contribution in [0.1, 0.15) is 39.5 Å². The first-order chi connectivity index (χ1) is 5.41. The normalized spacial score (nSPS) is 11.1. The molecule has 1 nitrogen and oxygen atoms in total. The zero-order valence-corrected chi connectivity index (χ0v) is 7.84. The lowest BCUT2D eigenvalue weighted by atomic mass is 10.3. The van der Waals surface area contributed by atoms with Gasteiger partial charge in [-0.15, -0.1) is 0 Å². The summed E-state index contributed by atoms with van der Waals surface area (Å²) in [7, 11) is 0. The van der Waals surface area contributed by atoms with E-state index in [4.69, 9.17) is 0 Å². The lowest BCUT2D eigenvalue weighted by Gasteiger charge is -1.96. The zero-order valence-electron chi connectivity index (χ0n) is 7.84. The van der Waals surface area contributed by atoms with Gasteiger partial charge in [-0.3, -0.25) is 0 Å². The Balaban J connectivity index is 2.85. The van der Waals surface area contributed by atoms with E-state index in [-0.39, 0.29) is 0 Å². The van der Waals surface area contributed by atoms with E-state index in [0.29, 0.717) is 0 Å². The Labute approximate surface area is 70.9 Å². The van der Waals surface area contributed by atoms with Gasteiger partial charge >= 0.3 is 0 Å². The van der Waals surface area contributed by atoms with E-state index in [1.165, 1.54) is 12.8 Å². The van der Waals surface area contributed by atoms with E-state index in [2.05, 4.69) is 31.3 Å². The van der Waals surface area contributed by atoms with Crippen LogP contribution in [0, 0.1) is 0 Å². The fourth-order valence-corrected chi connectivity index (χ4v) is 0.832. The molecule has 0 aromatic rings. The molecule has 65 valence electrons. The molecule has 0 amide bonds. The Morgan fingerprint density at radius 3 is 2.55 bits per heavy atom. The van der Waals surface area contributed by atoms with E-state index in [1.807, 2.05) is 0 Å². The molecule has 0 aromatic heterocycles. The molecule has 1 heteroatoms. The fraction of sp³-hybridized carbons (Fsp3) is 0.800. The molecule has 0 fully saturated rings. The maximum absolute atomic E-state index is 4.38. The van der Waals surface area contributed by atoms with Crippen molar-refractivity contribution < 1.29 is 0 Å². The molecule has 0 aliphatic rings. The molecule has 0 N–H and O–H groups in total. The molecule has 0 spiro atoms. The minimum Gasteiger partial charge on any atom is -0.241 e. The minimum absolute atomic E-state index is 1.01. The molecule has 0 rings (SSSR count). The highest BCUT2D eigenvalue weighted by Gasteiger charge is 1.84. The van der Waals surface area contributed by atoms with Gasteiger partial charge in [-0.2, -0.15) is 0 Å². The van der Waals surface area contributed by atoms with Gasteiger partial charge in [-0.05, 0) is 19.3 Å². The largest absolute Gasteiger partial charge is 0.241 e. The lowest BCUT2D eigenvalue weighted by Crippen LogP contribution is -2.07. The predicted molar refractivity (Wildman–Crippen MR) is 50.8 cm³/mol. The molecule has 0 saturated heterocycles. The van der Waals surface area contributed by atoms with Gasteiger partial charge < -0.3 is 0 Å². The zero-order chi connectivity index (χ0) is 8.36. The van der Waals surface area contributed by atoms with Crippen LogP contribution in [0.25, 0.3) is 0 Å². The molecule has 0 heterocycles. The molecule has 0 bridgehead atoms. The third-order valence-corrected chi connectivity index (χ3v) is 1.53. The fourth-order valence-electron chi connectivity index (χ4n) is 0.832. The highest BCUT2D eigenvalue weighted by Crippen LogP contribution is 1.87. The Hall–Kier alpha value is -0.300. The molecule has 1 radical (unpaired) electrons. The van der Waals surface area contributed by atoms with Gasteiger partial charge in [0.15, 0.2) is 0 Å². The summed E-state index contributed by atoms with van der Waals surface area (Å²) in [6, 6.07) is 0. The number of allylic oxidation sites excluding steroid dienone is 1. The van der Waals surface area contributed by atoms with Crippen molar-refractivity contribution >= 4 is 0 Å². The van der Waals surface area contributed by atoms with Crippen molar-refractivity contribution in [2.45, 2.75) is 39.5 Å². The van der Waals surface area contributed by atoms with Crippen LogP contribution >= 0.6 is 0 Å². The smallest absolute Gasteiger partial charge is 0.0167 e. The molecule has 0 atom stereocenters. The van der Waals surface area contributed by atoms with Gasteiger partial charge in [0, 0.05) is 13.1 Å². The van der Waals surface area contributed by atoms with Crippen LogP contribution in [0.3, 0.4) is 0 Å². The Morgan fingerprint density at radius 1 is 1.09 bits per heavy atom. The number of nitrogens with zero attached hydrogens (tertiary/aromatic N) is 1. The van der Waals surface area contributed by atoms with Crippen molar-refractivity contribution in [2.24, 2.45) is 0 Å².